The van der Waals surface area contributed by atoms with Gasteiger partial charge in [0.1, 0.15) is 0 Å². The Kier molecular flexibility index (Phi) is 4.74. The summed E-state index contributed by atoms with van der Waals surface area (Å²) in [5.74, 6) is 0.722. The molecule has 0 saturated heterocycles. The smallest absolute Gasteiger partial charge is 0.0431 e. The Balaban J connectivity index is 3.71. The van der Waals surface area contributed by atoms with E-state index in [-0.39, 0.29) is 0 Å². The summed E-state index contributed by atoms with van der Waals surface area (Å²) in [6.07, 6.45) is 3.32. The van der Waals surface area contributed by atoms with Gasteiger partial charge >= 0.3 is 0 Å². The lowest BCUT2D eigenvalue weighted by Crippen LogP contribution is -2.20. The van der Waals surface area contributed by atoms with Gasteiger partial charge in [0.2, 0.25) is 0 Å². The van der Waals surface area contributed by atoms with E-state index in [1.54, 1.807) is 0 Å². The van der Waals surface area contributed by atoms with Crippen LogP contribution in [-0.2, 0) is 0 Å². The van der Waals surface area contributed by atoms with Gasteiger partial charge < -0.3 is 5.11 Å². The number of hydrogen-bond acceptors (Lipinski definition) is 1. The molecule has 0 amide bonds. The maximum atomic E-state index is 8.65. The van der Waals surface area contributed by atoms with Gasteiger partial charge in [0.05, 0.1) is 0 Å². The molecule has 1 nitrogen and oxygen atoms in total. The predicted octanol–water partition coefficient (Wildman–Crippen LogP) is 2.83. The van der Waals surface area contributed by atoms with Crippen LogP contribution >= 0.6 is 0 Å². The van der Waals surface area contributed by atoms with Crippen LogP contribution in [0.25, 0.3) is 0 Å². The maximum Gasteiger partial charge on any atom is 0.0431 e. The highest BCUT2D eigenvalue weighted by molar-refractivity contribution is 4.73. The zero-order valence-corrected chi connectivity index (χ0v) is 8.35. The topological polar surface area (TPSA) is 20.2 Å². The van der Waals surface area contributed by atoms with Crippen molar-refractivity contribution in [2.24, 2.45) is 11.3 Å². The number of aliphatic hydroxyl groups is 1. The van der Waals surface area contributed by atoms with E-state index in [1.807, 2.05) is 0 Å². The molecule has 0 bridgehead atoms. The van der Waals surface area contributed by atoms with Crippen LogP contribution in [0.15, 0.2) is 0 Å². The van der Waals surface area contributed by atoms with Crippen LogP contribution in [-0.4, -0.2) is 11.7 Å². The fourth-order valence-corrected chi connectivity index (χ4v) is 1.14. The lowest BCUT2D eigenvalue weighted by atomic mass is 9.76. The van der Waals surface area contributed by atoms with Crippen LogP contribution in [0.2, 0.25) is 0 Å². The SMILES string of the molecule is CCC(C)(C)C(C)CCCO. The summed E-state index contributed by atoms with van der Waals surface area (Å²) in [6.45, 7) is 9.45. The highest BCUT2D eigenvalue weighted by Gasteiger charge is 2.22. The standard InChI is InChI=1S/C10H22O/c1-5-10(3,4)9(2)7-6-8-11/h9,11H,5-8H2,1-4H3. The third kappa shape index (κ3) is 3.76. The molecule has 11 heavy (non-hydrogen) atoms. The first kappa shape index (κ1) is 11.0. The first-order valence-electron chi connectivity index (χ1n) is 4.65. The van der Waals surface area contributed by atoms with Gasteiger partial charge in [0.15, 0.2) is 0 Å². The molecule has 0 aromatic carbocycles. The molecular weight excluding hydrogens is 136 g/mol. The Morgan fingerprint density at radius 2 is 1.91 bits per heavy atom. The molecule has 0 aromatic heterocycles. The van der Waals surface area contributed by atoms with Gasteiger partial charge in [-0.25, -0.2) is 0 Å². The normalized spacial score (nSPS) is 15.0. The second-order valence-electron chi connectivity index (χ2n) is 4.11. The third-order valence-electron chi connectivity index (χ3n) is 3.04. The average Bonchev–Trinajstić information content (AvgIpc) is 2.00. The van der Waals surface area contributed by atoms with Crippen molar-refractivity contribution in [1.29, 1.82) is 0 Å². The molecule has 0 radical (unpaired) electrons. The second kappa shape index (κ2) is 4.76. The zero-order chi connectivity index (χ0) is 8.91. The Morgan fingerprint density at radius 3 is 2.27 bits per heavy atom. The largest absolute Gasteiger partial charge is 0.396 e. The van der Waals surface area contributed by atoms with Gasteiger partial charge in [-0.05, 0) is 24.2 Å². The van der Waals surface area contributed by atoms with Crippen molar-refractivity contribution >= 4 is 0 Å². The number of hydrogen-bond donors (Lipinski definition) is 1. The van der Waals surface area contributed by atoms with Gasteiger partial charge in [-0.2, -0.15) is 0 Å². The van der Waals surface area contributed by atoms with E-state index in [4.69, 9.17) is 5.11 Å². The lowest BCUT2D eigenvalue weighted by Gasteiger charge is -2.30. The molecule has 0 aliphatic heterocycles. The molecule has 0 saturated carbocycles. The average molecular weight is 158 g/mol. The van der Waals surface area contributed by atoms with Gasteiger partial charge in [0, 0.05) is 6.61 Å². The summed E-state index contributed by atoms with van der Waals surface area (Å²) in [7, 11) is 0. The molecular formula is C10H22O. The van der Waals surface area contributed by atoms with Crippen LogP contribution < -0.4 is 0 Å². The van der Waals surface area contributed by atoms with E-state index in [0.717, 1.165) is 18.8 Å². The van der Waals surface area contributed by atoms with Crippen molar-refractivity contribution < 1.29 is 5.11 Å². The fourth-order valence-electron chi connectivity index (χ4n) is 1.14. The van der Waals surface area contributed by atoms with Crippen molar-refractivity contribution in [2.75, 3.05) is 6.61 Å². The minimum atomic E-state index is 0.337. The summed E-state index contributed by atoms with van der Waals surface area (Å²) in [5.41, 5.74) is 0.440. The summed E-state index contributed by atoms with van der Waals surface area (Å²) in [6, 6.07) is 0. The highest BCUT2D eigenvalue weighted by atomic mass is 16.2. The van der Waals surface area contributed by atoms with Crippen molar-refractivity contribution in [1.82, 2.24) is 0 Å². The minimum Gasteiger partial charge on any atom is -0.396 e. The Bertz CT molecular complexity index is 97.0. The highest BCUT2D eigenvalue weighted by Crippen LogP contribution is 2.32. The third-order valence-corrected chi connectivity index (χ3v) is 3.04. The molecule has 0 spiro atoms. The Labute approximate surface area is 70.8 Å². The van der Waals surface area contributed by atoms with Gasteiger partial charge in [0.25, 0.3) is 0 Å². The molecule has 0 fully saturated rings. The predicted molar refractivity (Wildman–Crippen MR) is 49.6 cm³/mol. The van der Waals surface area contributed by atoms with E-state index < -0.39 is 0 Å². The second-order valence-corrected chi connectivity index (χ2v) is 4.11. The van der Waals surface area contributed by atoms with Crippen LogP contribution in [0.5, 0.6) is 0 Å². The Hall–Kier alpha value is -0.0400. The number of rotatable bonds is 5. The van der Waals surface area contributed by atoms with Gasteiger partial charge in [-0.3, -0.25) is 0 Å². The molecule has 68 valence electrons. The van der Waals surface area contributed by atoms with Crippen molar-refractivity contribution in [3.05, 3.63) is 0 Å². The summed E-state index contributed by atoms with van der Waals surface area (Å²) in [4.78, 5) is 0. The van der Waals surface area contributed by atoms with Crippen LogP contribution in [0.3, 0.4) is 0 Å². The molecule has 1 atom stereocenters. The van der Waals surface area contributed by atoms with E-state index >= 15 is 0 Å². The number of aliphatic hydroxyl groups excluding tert-OH is 1. The van der Waals surface area contributed by atoms with E-state index in [1.165, 1.54) is 6.42 Å². The lowest BCUT2D eigenvalue weighted by molar-refractivity contribution is 0.188. The van der Waals surface area contributed by atoms with E-state index in [9.17, 15) is 0 Å². The summed E-state index contributed by atoms with van der Waals surface area (Å²) < 4.78 is 0. The first-order valence-corrected chi connectivity index (χ1v) is 4.65. The fraction of sp³-hybridized carbons (Fsp3) is 1.00. The van der Waals surface area contributed by atoms with Crippen molar-refractivity contribution in [3.8, 4) is 0 Å². The molecule has 1 unspecified atom stereocenters. The molecule has 1 heteroatoms. The summed E-state index contributed by atoms with van der Waals surface area (Å²) >= 11 is 0. The quantitative estimate of drug-likeness (QED) is 0.652. The maximum absolute atomic E-state index is 8.65. The van der Waals surface area contributed by atoms with E-state index in [2.05, 4.69) is 27.7 Å². The molecule has 0 heterocycles. The molecule has 1 N–H and O–H groups in total. The van der Waals surface area contributed by atoms with Crippen molar-refractivity contribution in [2.45, 2.75) is 47.0 Å². The minimum absolute atomic E-state index is 0.337. The van der Waals surface area contributed by atoms with Crippen molar-refractivity contribution in [3.63, 3.8) is 0 Å². The van der Waals surface area contributed by atoms with Crippen LogP contribution in [0.1, 0.15) is 47.0 Å². The molecule has 0 aromatic rings. The van der Waals surface area contributed by atoms with Crippen LogP contribution in [0.4, 0.5) is 0 Å². The molecule has 0 aliphatic rings. The molecule has 0 aliphatic carbocycles. The summed E-state index contributed by atoms with van der Waals surface area (Å²) in [5, 5.41) is 8.65. The zero-order valence-electron chi connectivity index (χ0n) is 8.35. The monoisotopic (exact) mass is 158 g/mol. The van der Waals surface area contributed by atoms with Gasteiger partial charge in [-0.1, -0.05) is 34.1 Å². The van der Waals surface area contributed by atoms with Gasteiger partial charge in [-0.15, -0.1) is 0 Å². The molecule has 0 rings (SSSR count). The van der Waals surface area contributed by atoms with E-state index in [0.29, 0.717) is 12.0 Å². The first-order chi connectivity index (χ1) is 5.04. The Morgan fingerprint density at radius 1 is 1.36 bits per heavy atom. The van der Waals surface area contributed by atoms with Crippen LogP contribution in [0, 0.1) is 11.3 Å².